The van der Waals surface area contributed by atoms with Crippen LogP contribution < -0.4 is 4.74 Å². The van der Waals surface area contributed by atoms with E-state index in [1.54, 1.807) is 0 Å². The number of fused-ring (bicyclic) bond motifs is 16. The Hall–Kier alpha value is -8.90. The van der Waals surface area contributed by atoms with E-state index in [9.17, 15) is 0 Å². The highest BCUT2D eigenvalue weighted by molar-refractivity contribution is 7.26. The van der Waals surface area contributed by atoms with Crippen LogP contribution in [0.3, 0.4) is 0 Å². The third-order valence-corrected chi connectivity index (χ3v) is 15.8. The van der Waals surface area contributed by atoms with Crippen LogP contribution in [-0.2, 0) is 5.41 Å². The lowest BCUT2D eigenvalue weighted by Crippen LogP contribution is -2.32. The SMILES string of the molecule is c1ccc(-c2cc(-c3cccc4c3-c3cc(-c5ccc6c(c5)sc5ccc7c8ccccc8n(-c8ccccc8)c7c56)ccc3C43c4ccccc4Oc4ccccc43)nc(-c3ccccc3)n2)cc1. The zero-order chi connectivity index (χ0) is 45.9. The van der Waals surface area contributed by atoms with Gasteiger partial charge in [0, 0.05) is 64.4 Å². The molecule has 0 N–H and O–H groups in total. The first-order valence-electron chi connectivity index (χ1n) is 23.8. The smallest absolute Gasteiger partial charge is 0.160 e. The molecule has 0 atom stereocenters. The first kappa shape index (κ1) is 39.1. The van der Waals surface area contributed by atoms with E-state index in [0.717, 1.165) is 62.0 Å². The summed E-state index contributed by atoms with van der Waals surface area (Å²) >= 11 is 1.87. The van der Waals surface area contributed by atoms with Gasteiger partial charge in [0.25, 0.3) is 0 Å². The van der Waals surface area contributed by atoms with Gasteiger partial charge in [-0.25, -0.2) is 9.97 Å². The van der Waals surface area contributed by atoms with Crippen molar-refractivity contribution in [3.05, 3.63) is 259 Å². The van der Waals surface area contributed by atoms with Crippen LogP contribution >= 0.6 is 11.3 Å². The average Bonchev–Trinajstić information content (AvgIpc) is 4.07. The van der Waals surface area contributed by atoms with Gasteiger partial charge in [-0.3, -0.25) is 0 Å². The predicted octanol–water partition coefficient (Wildman–Crippen LogP) is 17.1. The van der Waals surface area contributed by atoms with Crippen LogP contribution in [0, 0.1) is 0 Å². The first-order chi connectivity index (χ1) is 34.7. The van der Waals surface area contributed by atoms with E-state index >= 15 is 0 Å². The lowest BCUT2D eigenvalue weighted by atomic mass is 9.66. The lowest BCUT2D eigenvalue weighted by Gasteiger charge is -2.39. The van der Waals surface area contributed by atoms with Crippen molar-refractivity contribution in [1.29, 1.82) is 0 Å². The molecule has 0 unspecified atom stereocenters. The first-order valence-corrected chi connectivity index (χ1v) is 24.6. The summed E-state index contributed by atoms with van der Waals surface area (Å²) in [5.74, 6) is 2.42. The molecule has 1 aliphatic heterocycles. The molecule has 15 rings (SSSR count). The summed E-state index contributed by atoms with van der Waals surface area (Å²) in [5, 5.41) is 5.10. The standard InChI is InChI=1S/C65H39N3OS/c1-4-17-40(18-5-1)54-39-55(67-64(66-54)41-19-6-2-7-20-41)47-24-16-27-53-61(47)49-37-42(32-35-50(49)65(53)51-25-11-14-29-57(51)69-58-30-15-12-26-52(58)65)43-31-33-48-60(38-43)70-59-36-34-46-45-23-10-13-28-56(45)68(63(46)62(48)59)44-21-8-3-9-22-44/h1-39H. The highest BCUT2D eigenvalue weighted by Gasteiger charge is 2.51. The Kier molecular flexibility index (Phi) is 8.41. The molecule has 10 aromatic carbocycles. The molecule has 5 heteroatoms. The minimum absolute atomic E-state index is 0.653. The van der Waals surface area contributed by atoms with Gasteiger partial charge in [-0.1, -0.05) is 182 Å². The minimum Gasteiger partial charge on any atom is -0.457 e. The van der Waals surface area contributed by atoms with E-state index in [0.29, 0.717) is 5.82 Å². The lowest BCUT2D eigenvalue weighted by molar-refractivity contribution is 0.436. The Bertz CT molecular complexity index is 4170. The molecule has 326 valence electrons. The molecule has 0 amide bonds. The van der Waals surface area contributed by atoms with Crippen molar-refractivity contribution < 1.29 is 4.74 Å². The van der Waals surface area contributed by atoms with Crippen molar-refractivity contribution in [2.45, 2.75) is 5.41 Å². The van der Waals surface area contributed by atoms with Gasteiger partial charge in [-0.05, 0) is 88.0 Å². The quantitative estimate of drug-likeness (QED) is 0.173. The maximum absolute atomic E-state index is 6.75. The highest BCUT2D eigenvalue weighted by Crippen LogP contribution is 2.64. The molecule has 3 aromatic heterocycles. The largest absolute Gasteiger partial charge is 0.457 e. The van der Waals surface area contributed by atoms with Gasteiger partial charge in [0.05, 0.1) is 27.8 Å². The van der Waals surface area contributed by atoms with Crippen molar-refractivity contribution in [2.75, 3.05) is 0 Å². The minimum atomic E-state index is -0.653. The summed E-state index contributed by atoms with van der Waals surface area (Å²) in [4.78, 5) is 10.6. The summed E-state index contributed by atoms with van der Waals surface area (Å²) in [7, 11) is 0. The van der Waals surface area contributed by atoms with Crippen molar-refractivity contribution >= 4 is 53.3 Å². The second-order valence-electron chi connectivity index (χ2n) is 18.4. The van der Waals surface area contributed by atoms with Crippen molar-refractivity contribution in [1.82, 2.24) is 14.5 Å². The summed E-state index contributed by atoms with van der Waals surface area (Å²) in [6, 6.07) is 85.3. The zero-order valence-corrected chi connectivity index (χ0v) is 38.5. The number of hydrogen-bond acceptors (Lipinski definition) is 4. The zero-order valence-electron chi connectivity index (χ0n) is 37.7. The molecule has 4 nitrogen and oxygen atoms in total. The summed E-state index contributed by atoms with van der Waals surface area (Å²) in [5.41, 5.74) is 17.2. The molecule has 0 fully saturated rings. The van der Waals surface area contributed by atoms with E-state index in [-0.39, 0.29) is 0 Å². The normalized spacial score (nSPS) is 13.1. The summed E-state index contributed by atoms with van der Waals surface area (Å²) < 4.78 is 11.7. The molecule has 2 aliphatic rings. The van der Waals surface area contributed by atoms with E-state index in [1.165, 1.54) is 69.8 Å². The van der Waals surface area contributed by atoms with Crippen molar-refractivity contribution in [3.63, 3.8) is 0 Å². The number of para-hydroxylation sites is 4. The topological polar surface area (TPSA) is 39.9 Å². The summed E-state index contributed by atoms with van der Waals surface area (Å²) in [6.07, 6.45) is 0. The molecule has 70 heavy (non-hydrogen) atoms. The molecule has 13 aromatic rings. The molecule has 4 heterocycles. The van der Waals surface area contributed by atoms with Crippen LogP contribution in [0.5, 0.6) is 11.5 Å². The van der Waals surface area contributed by atoms with Gasteiger partial charge in [0.1, 0.15) is 11.5 Å². The van der Waals surface area contributed by atoms with Crippen LogP contribution in [0.25, 0.3) is 104 Å². The fraction of sp³-hybridized carbons (Fsp3) is 0.0154. The Morgan fingerprint density at radius 3 is 1.81 bits per heavy atom. The number of thiophene rings is 1. The fourth-order valence-electron chi connectivity index (χ4n) is 11.7. The molecule has 0 radical (unpaired) electrons. The van der Waals surface area contributed by atoms with Gasteiger partial charge in [0.2, 0.25) is 0 Å². The van der Waals surface area contributed by atoms with Crippen LogP contribution in [0.1, 0.15) is 22.3 Å². The fourth-order valence-corrected chi connectivity index (χ4v) is 12.9. The van der Waals surface area contributed by atoms with Gasteiger partial charge >= 0.3 is 0 Å². The summed E-state index contributed by atoms with van der Waals surface area (Å²) in [6.45, 7) is 0. The van der Waals surface area contributed by atoms with E-state index in [4.69, 9.17) is 14.7 Å². The molecule has 0 bridgehead atoms. The van der Waals surface area contributed by atoms with Crippen LogP contribution in [0.2, 0.25) is 0 Å². The Morgan fingerprint density at radius 2 is 1.03 bits per heavy atom. The third-order valence-electron chi connectivity index (χ3n) is 14.7. The Balaban J connectivity index is 0.979. The van der Waals surface area contributed by atoms with Gasteiger partial charge in [-0.15, -0.1) is 11.3 Å². The predicted molar refractivity (Wildman–Crippen MR) is 288 cm³/mol. The Labute approximate surface area is 408 Å². The number of benzene rings is 10. The second kappa shape index (κ2) is 15.1. The van der Waals surface area contributed by atoms with Gasteiger partial charge in [0.15, 0.2) is 5.82 Å². The highest BCUT2D eigenvalue weighted by atomic mass is 32.1. The average molecular weight is 910 g/mol. The number of aromatic nitrogens is 3. The molecular weight excluding hydrogens is 871 g/mol. The second-order valence-corrected chi connectivity index (χ2v) is 19.4. The Morgan fingerprint density at radius 1 is 0.400 bits per heavy atom. The number of nitrogens with zero attached hydrogens (tertiary/aromatic N) is 3. The van der Waals surface area contributed by atoms with E-state index in [1.807, 2.05) is 23.5 Å². The van der Waals surface area contributed by atoms with E-state index < -0.39 is 5.41 Å². The maximum atomic E-state index is 6.75. The van der Waals surface area contributed by atoms with Gasteiger partial charge in [-0.2, -0.15) is 0 Å². The maximum Gasteiger partial charge on any atom is 0.160 e. The number of hydrogen-bond donors (Lipinski definition) is 0. The molecule has 1 spiro atoms. The van der Waals surface area contributed by atoms with Gasteiger partial charge < -0.3 is 9.30 Å². The van der Waals surface area contributed by atoms with Crippen LogP contribution in [0.4, 0.5) is 0 Å². The third kappa shape index (κ3) is 5.58. The number of ether oxygens (including phenoxy) is 1. The number of rotatable bonds is 5. The van der Waals surface area contributed by atoms with Crippen LogP contribution in [-0.4, -0.2) is 14.5 Å². The molecule has 0 saturated heterocycles. The molecule has 0 saturated carbocycles. The molecule has 1 aliphatic carbocycles. The van der Waals surface area contributed by atoms with E-state index in [2.05, 4.69) is 229 Å². The van der Waals surface area contributed by atoms with Crippen molar-refractivity contribution in [3.8, 4) is 73.3 Å². The van der Waals surface area contributed by atoms with Crippen molar-refractivity contribution in [2.24, 2.45) is 0 Å². The van der Waals surface area contributed by atoms with Crippen LogP contribution in [0.15, 0.2) is 237 Å². The molecular formula is C65H39N3OS. The monoisotopic (exact) mass is 909 g/mol.